The minimum Gasteiger partial charge on any atom is -0.456 e. The van der Waals surface area contributed by atoms with Crippen LogP contribution in [0.3, 0.4) is 0 Å². The van der Waals surface area contributed by atoms with Crippen LogP contribution in [0, 0.1) is 0 Å². The third kappa shape index (κ3) is 4.03. The third-order valence-corrected chi connectivity index (χ3v) is 9.64. The van der Waals surface area contributed by atoms with Gasteiger partial charge in [0, 0.05) is 33.2 Å². The fourth-order valence-corrected chi connectivity index (χ4v) is 7.28. The van der Waals surface area contributed by atoms with Crippen molar-refractivity contribution in [3.05, 3.63) is 163 Å². The minimum absolute atomic E-state index is 0.170. The molecule has 8 aromatic rings. The molecule has 7 aromatic carbocycles. The van der Waals surface area contributed by atoms with Crippen molar-refractivity contribution in [2.75, 3.05) is 4.90 Å². The number of para-hydroxylation sites is 2. The lowest BCUT2D eigenvalue weighted by Crippen LogP contribution is -2.16. The Hall–Kier alpha value is -5.60. The lowest BCUT2D eigenvalue weighted by Gasteiger charge is -2.28. The number of anilines is 3. The molecule has 1 aromatic heterocycles. The first-order valence-electron chi connectivity index (χ1n) is 15.6. The van der Waals surface area contributed by atoms with Gasteiger partial charge in [-0.15, -0.1) is 0 Å². The largest absolute Gasteiger partial charge is 0.456 e. The van der Waals surface area contributed by atoms with Crippen LogP contribution >= 0.6 is 0 Å². The molecule has 0 aliphatic heterocycles. The highest BCUT2D eigenvalue weighted by Crippen LogP contribution is 2.52. The van der Waals surface area contributed by atoms with Crippen LogP contribution < -0.4 is 4.90 Å². The Labute approximate surface area is 262 Å². The van der Waals surface area contributed by atoms with Gasteiger partial charge >= 0.3 is 0 Å². The average Bonchev–Trinajstić information content (AvgIpc) is 3.56. The van der Waals surface area contributed by atoms with Crippen LogP contribution in [0.1, 0.15) is 25.0 Å². The van der Waals surface area contributed by atoms with Crippen molar-refractivity contribution in [1.82, 2.24) is 0 Å². The van der Waals surface area contributed by atoms with E-state index in [1.54, 1.807) is 0 Å². The van der Waals surface area contributed by atoms with Gasteiger partial charge in [0.25, 0.3) is 0 Å². The molecule has 0 atom stereocenters. The average molecular weight is 578 g/mol. The second kappa shape index (κ2) is 9.70. The molecule has 0 amide bonds. The molecule has 0 saturated carbocycles. The summed E-state index contributed by atoms with van der Waals surface area (Å²) in [6.07, 6.45) is 0. The molecule has 0 fully saturated rings. The highest BCUT2D eigenvalue weighted by molar-refractivity contribution is 6.07. The quantitative estimate of drug-likeness (QED) is 0.207. The van der Waals surface area contributed by atoms with Gasteiger partial charge < -0.3 is 9.32 Å². The van der Waals surface area contributed by atoms with E-state index in [0.717, 1.165) is 28.2 Å². The normalized spacial score (nSPS) is 13.3. The molecule has 1 aliphatic rings. The van der Waals surface area contributed by atoms with Crippen LogP contribution in [-0.4, -0.2) is 0 Å². The van der Waals surface area contributed by atoms with Gasteiger partial charge in [-0.1, -0.05) is 105 Å². The van der Waals surface area contributed by atoms with Crippen LogP contribution in [0.5, 0.6) is 0 Å². The number of fused-ring (bicyclic) bond motifs is 7. The Bertz CT molecular complexity index is 2400. The van der Waals surface area contributed by atoms with Crippen LogP contribution in [0.2, 0.25) is 0 Å². The Balaban J connectivity index is 1.15. The Morgan fingerprint density at radius 1 is 0.444 bits per heavy atom. The smallest absolute Gasteiger partial charge is 0.135 e. The van der Waals surface area contributed by atoms with E-state index in [9.17, 15) is 0 Å². The van der Waals surface area contributed by atoms with E-state index in [-0.39, 0.29) is 5.41 Å². The molecule has 1 heterocycles. The number of furan rings is 1. The van der Waals surface area contributed by atoms with Gasteiger partial charge in [0.2, 0.25) is 0 Å². The van der Waals surface area contributed by atoms with Gasteiger partial charge in [-0.3, -0.25) is 0 Å². The van der Waals surface area contributed by atoms with Crippen molar-refractivity contribution in [2.24, 2.45) is 0 Å². The molecule has 1 aliphatic carbocycles. The molecule has 45 heavy (non-hydrogen) atoms. The first-order chi connectivity index (χ1) is 22.0. The summed E-state index contributed by atoms with van der Waals surface area (Å²) in [5, 5.41) is 4.86. The molecule has 0 bridgehead atoms. The van der Waals surface area contributed by atoms with Gasteiger partial charge in [-0.05, 0) is 105 Å². The molecule has 0 N–H and O–H groups in total. The highest BCUT2D eigenvalue weighted by atomic mass is 16.3. The van der Waals surface area contributed by atoms with Gasteiger partial charge in [0.05, 0.1) is 0 Å². The molecule has 0 radical (unpaired) electrons. The zero-order valence-corrected chi connectivity index (χ0v) is 25.3. The Morgan fingerprint density at radius 2 is 1.11 bits per heavy atom. The van der Waals surface area contributed by atoms with Crippen molar-refractivity contribution >= 4 is 49.8 Å². The van der Waals surface area contributed by atoms with E-state index < -0.39 is 0 Å². The van der Waals surface area contributed by atoms with E-state index in [1.165, 1.54) is 54.9 Å². The maximum atomic E-state index is 6.30. The maximum Gasteiger partial charge on any atom is 0.135 e. The van der Waals surface area contributed by atoms with E-state index >= 15 is 0 Å². The number of nitrogens with zero attached hydrogens (tertiary/aromatic N) is 1. The summed E-state index contributed by atoms with van der Waals surface area (Å²) < 4.78 is 6.30. The molecule has 0 spiro atoms. The summed E-state index contributed by atoms with van der Waals surface area (Å²) in [7, 11) is 0. The first kappa shape index (κ1) is 25.9. The summed E-state index contributed by atoms with van der Waals surface area (Å²) in [5.74, 6) is 0. The lowest BCUT2D eigenvalue weighted by molar-refractivity contribution is 0.647. The van der Waals surface area contributed by atoms with Gasteiger partial charge in [-0.2, -0.15) is 0 Å². The monoisotopic (exact) mass is 577 g/mol. The van der Waals surface area contributed by atoms with Gasteiger partial charge in [0.1, 0.15) is 11.2 Å². The molecular weight excluding hydrogens is 546 g/mol. The summed E-state index contributed by atoms with van der Waals surface area (Å²) in [4.78, 5) is 2.36. The molecular formula is C43H31NO. The highest BCUT2D eigenvalue weighted by Gasteiger charge is 2.37. The molecule has 214 valence electrons. The fourth-order valence-electron chi connectivity index (χ4n) is 7.28. The topological polar surface area (TPSA) is 16.4 Å². The van der Waals surface area contributed by atoms with E-state index in [1.807, 2.05) is 6.07 Å². The zero-order chi connectivity index (χ0) is 30.1. The molecule has 0 saturated heterocycles. The standard InChI is InChI=1S/C43H31NO/c1-43(2)39-25-34(22-23-35(39)37-26-38-36-14-8-9-15-41(36)45-42(38)27-40(37)43)44(32-12-4-3-5-13-32)33-20-18-29(19-21-33)31-17-16-28-10-6-7-11-30(28)24-31/h3-27H,1-2H3. The van der Waals surface area contributed by atoms with Crippen molar-refractivity contribution < 1.29 is 4.42 Å². The summed E-state index contributed by atoms with van der Waals surface area (Å²) in [6, 6.07) is 54.8. The minimum atomic E-state index is -0.170. The fraction of sp³-hybridized carbons (Fsp3) is 0.0698. The van der Waals surface area contributed by atoms with Crippen LogP contribution in [0.4, 0.5) is 17.1 Å². The molecule has 9 rings (SSSR count). The number of benzene rings is 7. The Kier molecular flexibility index (Phi) is 5.58. The maximum absolute atomic E-state index is 6.30. The summed E-state index contributed by atoms with van der Waals surface area (Å²) in [5.41, 5.74) is 12.8. The number of rotatable bonds is 4. The van der Waals surface area contributed by atoms with Crippen molar-refractivity contribution in [1.29, 1.82) is 0 Å². The molecule has 2 heteroatoms. The van der Waals surface area contributed by atoms with Crippen molar-refractivity contribution in [3.8, 4) is 22.3 Å². The molecule has 0 unspecified atom stereocenters. The number of hydrogen-bond acceptors (Lipinski definition) is 2. The molecule has 2 nitrogen and oxygen atoms in total. The van der Waals surface area contributed by atoms with E-state index in [0.29, 0.717) is 0 Å². The van der Waals surface area contributed by atoms with Crippen molar-refractivity contribution in [3.63, 3.8) is 0 Å². The number of hydrogen-bond donors (Lipinski definition) is 0. The van der Waals surface area contributed by atoms with Gasteiger partial charge in [-0.25, -0.2) is 0 Å². The summed E-state index contributed by atoms with van der Waals surface area (Å²) >= 11 is 0. The van der Waals surface area contributed by atoms with Crippen LogP contribution in [0.25, 0.3) is 55.0 Å². The van der Waals surface area contributed by atoms with Gasteiger partial charge in [0.15, 0.2) is 0 Å². The van der Waals surface area contributed by atoms with E-state index in [4.69, 9.17) is 4.42 Å². The van der Waals surface area contributed by atoms with Crippen LogP contribution in [0.15, 0.2) is 156 Å². The Morgan fingerprint density at radius 3 is 1.96 bits per heavy atom. The second-order valence-electron chi connectivity index (χ2n) is 12.6. The SMILES string of the molecule is CC1(C)c2cc(N(c3ccccc3)c3ccc(-c4ccc5ccccc5c4)cc3)ccc2-c2cc3c(cc21)oc1ccccc13. The van der Waals surface area contributed by atoms with Crippen LogP contribution in [-0.2, 0) is 5.41 Å². The summed E-state index contributed by atoms with van der Waals surface area (Å²) in [6.45, 7) is 4.67. The van der Waals surface area contributed by atoms with Crippen molar-refractivity contribution in [2.45, 2.75) is 19.3 Å². The van der Waals surface area contributed by atoms with E-state index in [2.05, 4.69) is 164 Å². The zero-order valence-electron chi connectivity index (χ0n) is 25.3. The third-order valence-electron chi connectivity index (χ3n) is 9.64. The lowest BCUT2D eigenvalue weighted by atomic mass is 9.82. The second-order valence-corrected chi connectivity index (χ2v) is 12.6. The predicted octanol–water partition coefficient (Wildman–Crippen LogP) is 12.2. The first-order valence-corrected chi connectivity index (χ1v) is 15.6. The predicted molar refractivity (Wildman–Crippen MR) is 189 cm³/mol.